The van der Waals surface area contributed by atoms with Gasteiger partial charge in [0, 0.05) is 5.56 Å². The monoisotopic (exact) mass is 400 g/mol. The van der Waals surface area contributed by atoms with E-state index in [4.69, 9.17) is 4.74 Å². The summed E-state index contributed by atoms with van der Waals surface area (Å²) in [7, 11) is 1.47. The second-order valence-electron chi connectivity index (χ2n) is 7.31. The van der Waals surface area contributed by atoms with E-state index in [1.165, 1.54) is 26.3 Å². The van der Waals surface area contributed by atoms with Gasteiger partial charge in [-0.15, -0.1) is 4.68 Å². The minimum atomic E-state index is -0.325. The molecule has 1 aliphatic heterocycles. The Morgan fingerprint density at radius 3 is 2.45 bits per heavy atom. The van der Waals surface area contributed by atoms with Crippen LogP contribution in [0.4, 0.5) is 4.39 Å². The van der Waals surface area contributed by atoms with Crippen LogP contribution >= 0.6 is 0 Å². The Kier molecular flexibility index (Phi) is 5.68. The topological polar surface area (TPSA) is 70.8 Å². The number of nitrogens with one attached hydrogen (secondary N) is 2. The van der Waals surface area contributed by atoms with Gasteiger partial charge in [0.15, 0.2) is 18.2 Å². The molecule has 1 fully saturated rings. The van der Waals surface area contributed by atoms with Crippen molar-refractivity contribution < 1.29 is 18.9 Å². The molecule has 0 spiro atoms. The molecule has 0 unspecified atom stereocenters. The summed E-state index contributed by atoms with van der Waals surface area (Å²) in [6, 6.07) is 14.4. The fourth-order valence-corrected chi connectivity index (χ4v) is 3.72. The first-order valence-corrected chi connectivity index (χ1v) is 9.72. The molecular formula is C20H25FN6O2+2. The maximum absolute atomic E-state index is 13.9. The number of aromatic nitrogens is 4. The molecule has 152 valence electrons. The van der Waals surface area contributed by atoms with E-state index in [2.05, 4.69) is 10.4 Å². The molecule has 3 aromatic rings. The Balaban J connectivity index is 1.33. The van der Waals surface area contributed by atoms with Crippen LogP contribution in [0.25, 0.3) is 5.69 Å². The number of nitrogens with zero attached hydrogens (tertiary/aromatic N) is 4. The number of methoxy groups -OCH3 is 1. The van der Waals surface area contributed by atoms with Gasteiger partial charge in [-0.3, -0.25) is 0 Å². The van der Waals surface area contributed by atoms with Gasteiger partial charge in [0.2, 0.25) is 0 Å². The van der Waals surface area contributed by atoms with Gasteiger partial charge in [-0.05, 0) is 40.8 Å². The number of hydrogen-bond donors (Lipinski definition) is 2. The maximum Gasteiger partial charge on any atom is 0.373 e. The van der Waals surface area contributed by atoms with E-state index in [-0.39, 0.29) is 17.3 Å². The van der Waals surface area contributed by atoms with Crippen LogP contribution in [-0.2, 0) is 13.2 Å². The molecule has 0 amide bonds. The molecule has 1 saturated heterocycles. The summed E-state index contributed by atoms with van der Waals surface area (Å²) in [4.78, 5) is 15.3. The molecule has 2 N–H and O–H groups in total. The molecule has 1 aromatic heterocycles. The molecule has 1 aliphatic rings. The van der Waals surface area contributed by atoms with Crippen LogP contribution < -0.4 is 20.2 Å². The maximum atomic E-state index is 13.9. The van der Waals surface area contributed by atoms with Crippen molar-refractivity contribution in [2.45, 2.75) is 13.2 Å². The Labute approximate surface area is 167 Å². The summed E-state index contributed by atoms with van der Waals surface area (Å²) >= 11 is 0. The normalized spacial score (nSPS) is 19.2. The third-order valence-corrected chi connectivity index (χ3v) is 5.35. The highest BCUT2D eigenvalue weighted by atomic mass is 19.1. The molecule has 0 atom stereocenters. The highest BCUT2D eigenvalue weighted by molar-refractivity contribution is 5.29. The number of halogens is 1. The Morgan fingerprint density at radius 1 is 1.03 bits per heavy atom. The predicted octanol–water partition coefficient (Wildman–Crippen LogP) is -1.48. The number of ether oxygens (including phenoxy) is 1. The predicted molar refractivity (Wildman–Crippen MR) is 104 cm³/mol. The zero-order valence-corrected chi connectivity index (χ0v) is 16.3. The lowest BCUT2D eigenvalue weighted by molar-refractivity contribution is -1.03. The highest BCUT2D eigenvalue weighted by Gasteiger charge is 2.25. The number of piperazine rings is 1. The van der Waals surface area contributed by atoms with E-state index in [0.29, 0.717) is 12.4 Å². The van der Waals surface area contributed by atoms with E-state index in [0.717, 1.165) is 38.3 Å². The Hall–Kier alpha value is -3.04. The lowest BCUT2D eigenvalue weighted by Gasteiger charge is -2.29. The molecule has 2 aromatic carbocycles. The lowest BCUT2D eigenvalue weighted by Crippen LogP contribution is -3.27. The minimum Gasteiger partial charge on any atom is -0.494 e. The second kappa shape index (κ2) is 8.54. The van der Waals surface area contributed by atoms with Gasteiger partial charge in [0.1, 0.15) is 32.7 Å². The van der Waals surface area contributed by atoms with Crippen molar-refractivity contribution in [1.82, 2.24) is 19.8 Å². The largest absolute Gasteiger partial charge is 0.494 e. The molecule has 0 aliphatic carbocycles. The van der Waals surface area contributed by atoms with Crippen molar-refractivity contribution in [1.29, 1.82) is 0 Å². The zero-order chi connectivity index (χ0) is 20.2. The second-order valence-corrected chi connectivity index (χ2v) is 7.31. The van der Waals surface area contributed by atoms with Crippen molar-refractivity contribution in [3.05, 3.63) is 70.4 Å². The van der Waals surface area contributed by atoms with E-state index in [1.807, 2.05) is 36.4 Å². The number of rotatable bonds is 6. The van der Waals surface area contributed by atoms with E-state index in [1.54, 1.807) is 12.1 Å². The van der Waals surface area contributed by atoms with Gasteiger partial charge in [-0.1, -0.05) is 18.2 Å². The molecular weight excluding hydrogens is 375 g/mol. The Bertz CT molecular complexity index is 1010. The SMILES string of the molecule is COc1ccc(C[NH+]2CC[NH+](Cn3nnn(-c4ccccc4)c3=O)CC2)cc1F. The third-order valence-electron chi connectivity index (χ3n) is 5.35. The van der Waals surface area contributed by atoms with Crippen LogP contribution in [0.2, 0.25) is 0 Å². The number of hydrogen-bond acceptors (Lipinski definition) is 4. The van der Waals surface area contributed by atoms with E-state index < -0.39 is 0 Å². The first kappa shape index (κ1) is 19.3. The lowest BCUT2D eigenvalue weighted by atomic mass is 10.2. The standard InChI is InChI=1S/C20H23FN6O2/c1-29-19-8-7-16(13-18(19)21)14-24-9-11-25(12-10-24)15-26-20(28)27(23-22-26)17-5-3-2-4-6-17/h2-8,13H,9-12,14-15H2,1H3/p+2. The van der Waals surface area contributed by atoms with Gasteiger partial charge in [0.25, 0.3) is 0 Å². The minimum absolute atomic E-state index is 0.229. The summed E-state index contributed by atoms with van der Waals surface area (Å²) < 4.78 is 21.6. The molecule has 0 radical (unpaired) electrons. The fraction of sp³-hybridized carbons (Fsp3) is 0.350. The number of benzene rings is 2. The summed E-state index contributed by atoms with van der Waals surface area (Å²) in [6.07, 6.45) is 0. The highest BCUT2D eigenvalue weighted by Crippen LogP contribution is 2.17. The van der Waals surface area contributed by atoms with Crippen LogP contribution in [0.15, 0.2) is 53.3 Å². The van der Waals surface area contributed by atoms with Crippen LogP contribution in [0, 0.1) is 5.82 Å². The summed E-state index contributed by atoms with van der Waals surface area (Å²) in [5.74, 6) is -0.0541. The van der Waals surface area contributed by atoms with Crippen molar-refractivity contribution in [3.63, 3.8) is 0 Å². The number of para-hydroxylation sites is 1. The van der Waals surface area contributed by atoms with Crippen LogP contribution in [0.3, 0.4) is 0 Å². The van der Waals surface area contributed by atoms with Crippen LogP contribution in [0.5, 0.6) is 5.75 Å². The van der Waals surface area contributed by atoms with Crippen molar-refractivity contribution in [3.8, 4) is 11.4 Å². The zero-order valence-electron chi connectivity index (χ0n) is 16.3. The average Bonchev–Trinajstić information content (AvgIpc) is 3.10. The van der Waals surface area contributed by atoms with Gasteiger partial charge in [-0.2, -0.15) is 4.68 Å². The van der Waals surface area contributed by atoms with Gasteiger partial charge in [-0.25, -0.2) is 9.18 Å². The summed E-state index contributed by atoms with van der Waals surface area (Å²) in [5.41, 5.74) is 1.44. The van der Waals surface area contributed by atoms with E-state index >= 15 is 0 Å². The van der Waals surface area contributed by atoms with Gasteiger partial charge < -0.3 is 14.5 Å². The average molecular weight is 400 g/mol. The number of quaternary nitrogens is 2. The summed E-state index contributed by atoms with van der Waals surface area (Å²) in [5, 5.41) is 8.03. The third kappa shape index (κ3) is 4.36. The number of tetrazole rings is 1. The van der Waals surface area contributed by atoms with Crippen molar-refractivity contribution >= 4 is 0 Å². The first-order chi connectivity index (χ1) is 14.1. The van der Waals surface area contributed by atoms with Crippen LogP contribution in [-0.4, -0.2) is 53.1 Å². The molecule has 2 heterocycles. The molecule has 0 saturated carbocycles. The summed E-state index contributed by atoms with van der Waals surface area (Å²) in [6.45, 7) is 5.00. The quantitative estimate of drug-likeness (QED) is 0.530. The molecule has 0 bridgehead atoms. The van der Waals surface area contributed by atoms with Crippen molar-refractivity contribution in [2.75, 3.05) is 33.3 Å². The molecule has 29 heavy (non-hydrogen) atoms. The van der Waals surface area contributed by atoms with Crippen LogP contribution in [0.1, 0.15) is 5.56 Å². The van der Waals surface area contributed by atoms with E-state index in [9.17, 15) is 9.18 Å². The molecule has 8 nitrogen and oxygen atoms in total. The smallest absolute Gasteiger partial charge is 0.373 e. The first-order valence-electron chi connectivity index (χ1n) is 9.72. The fourth-order valence-electron chi connectivity index (χ4n) is 3.72. The van der Waals surface area contributed by atoms with Crippen molar-refractivity contribution in [2.24, 2.45) is 0 Å². The van der Waals surface area contributed by atoms with Gasteiger partial charge in [0.05, 0.1) is 12.8 Å². The molecule has 4 rings (SSSR count). The van der Waals surface area contributed by atoms with Gasteiger partial charge >= 0.3 is 5.69 Å². The molecule has 9 heteroatoms. The Morgan fingerprint density at radius 2 is 1.76 bits per heavy atom.